The molecule has 8 nitrogen and oxygen atoms in total. The lowest BCUT2D eigenvalue weighted by Gasteiger charge is -2.19. The Morgan fingerprint density at radius 3 is 2.50 bits per heavy atom. The quantitative estimate of drug-likeness (QED) is 0.311. The summed E-state index contributed by atoms with van der Waals surface area (Å²) in [6.07, 6.45) is 1.97. The lowest BCUT2D eigenvalue weighted by Crippen LogP contribution is -2.45. The van der Waals surface area contributed by atoms with Gasteiger partial charge in [0.25, 0.3) is 5.91 Å². The molecule has 1 aromatic heterocycles. The van der Waals surface area contributed by atoms with Gasteiger partial charge < -0.3 is 15.6 Å². The van der Waals surface area contributed by atoms with Gasteiger partial charge in [0.2, 0.25) is 15.9 Å². The van der Waals surface area contributed by atoms with Gasteiger partial charge in [0.1, 0.15) is 6.04 Å². The Morgan fingerprint density at radius 1 is 1.00 bits per heavy atom. The molecule has 0 saturated heterocycles. The van der Waals surface area contributed by atoms with E-state index in [-0.39, 0.29) is 27.6 Å². The van der Waals surface area contributed by atoms with Crippen molar-refractivity contribution < 1.29 is 18.0 Å². The van der Waals surface area contributed by atoms with Crippen molar-refractivity contribution in [2.45, 2.75) is 17.4 Å². The van der Waals surface area contributed by atoms with Gasteiger partial charge in [0.05, 0.1) is 15.5 Å². The summed E-state index contributed by atoms with van der Waals surface area (Å²) in [6, 6.07) is 18.7. The third-order valence-electron chi connectivity index (χ3n) is 5.27. The van der Waals surface area contributed by atoms with Gasteiger partial charge in [-0.05, 0) is 42.0 Å². The van der Waals surface area contributed by atoms with Crippen LogP contribution in [-0.4, -0.2) is 31.3 Å². The van der Waals surface area contributed by atoms with Gasteiger partial charge in [-0.25, -0.2) is 13.6 Å². The second-order valence-electron chi connectivity index (χ2n) is 7.63. The standard InChI is InChI=1S/C24H21ClN4O4S/c25-20-10-3-1-9-19(20)23(30)29-22(12-15-14-27-21-11-4-2-8-18(15)21)24(31)28-16-6-5-7-17(13-16)34(26,32)33/h1-11,13-14,22,27H,12H2,(H,28,31)(H,29,30)(H2,26,32,33)/t22-/m1/s1. The lowest BCUT2D eigenvalue weighted by molar-refractivity contribution is -0.118. The fourth-order valence-electron chi connectivity index (χ4n) is 3.59. The van der Waals surface area contributed by atoms with Crippen molar-refractivity contribution in [3.8, 4) is 0 Å². The molecule has 1 atom stereocenters. The number of sulfonamides is 1. The zero-order valence-electron chi connectivity index (χ0n) is 17.8. The monoisotopic (exact) mass is 496 g/mol. The molecule has 4 aromatic rings. The first-order chi connectivity index (χ1) is 16.2. The third-order valence-corrected chi connectivity index (χ3v) is 6.51. The molecule has 0 aliphatic heterocycles. The number of nitrogens with one attached hydrogen (secondary N) is 3. The zero-order valence-corrected chi connectivity index (χ0v) is 19.4. The number of carbonyl (C=O) groups is 2. The fraction of sp³-hybridized carbons (Fsp3) is 0.0833. The molecule has 10 heteroatoms. The number of amides is 2. The molecule has 34 heavy (non-hydrogen) atoms. The van der Waals surface area contributed by atoms with E-state index >= 15 is 0 Å². The Morgan fingerprint density at radius 2 is 1.74 bits per heavy atom. The predicted molar refractivity (Wildman–Crippen MR) is 131 cm³/mol. The van der Waals surface area contributed by atoms with Gasteiger partial charge in [0, 0.05) is 29.2 Å². The predicted octanol–water partition coefficient (Wildman–Crippen LogP) is 3.45. The molecule has 0 aliphatic carbocycles. The van der Waals surface area contributed by atoms with E-state index in [2.05, 4.69) is 15.6 Å². The van der Waals surface area contributed by atoms with Crippen molar-refractivity contribution in [1.29, 1.82) is 0 Å². The number of halogens is 1. The number of rotatable bonds is 7. The van der Waals surface area contributed by atoms with E-state index in [1.807, 2.05) is 24.3 Å². The number of carbonyl (C=O) groups excluding carboxylic acids is 2. The number of para-hydroxylation sites is 1. The number of fused-ring (bicyclic) bond motifs is 1. The van der Waals surface area contributed by atoms with Crippen LogP contribution in [0.3, 0.4) is 0 Å². The molecule has 3 aromatic carbocycles. The molecule has 0 fully saturated rings. The van der Waals surface area contributed by atoms with Crippen LogP contribution in [0.2, 0.25) is 5.02 Å². The number of anilines is 1. The van der Waals surface area contributed by atoms with Crippen molar-refractivity contribution >= 4 is 50.0 Å². The first-order valence-electron chi connectivity index (χ1n) is 10.3. The highest BCUT2D eigenvalue weighted by molar-refractivity contribution is 7.89. The largest absolute Gasteiger partial charge is 0.361 e. The molecule has 0 bridgehead atoms. The maximum Gasteiger partial charge on any atom is 0.253 e. The first kappa shape index (κ1) is 23.5. The lowest BCUT2D eigenvalue weighted by atomic mass is 10.0. The van der Waals surface area contributed by atoms with E-state index in [9.17, 15) is 18.0 Å². The van der Waals surface area contributed by atoms with Gasteiger partial charge in [-0.2, -0.15) is 0 Å². The van der Waals surface area contributed by atoms with Crippen LogP contribution in [0.4, 0.5) is 5.69 Å². The van der Waals surface area contributed by atoms with Gasteiger partial charge in [-0.15, -0.1) is 0 Å². The highest BCUT2D eigenvalue weighted by Crippen LogP contribution is 2.21. The van der Waals surface area contributed by atoms with Gasteiger partial charge in [-0.1, -0.05) is 48.0 Å². The van der Waals surface area contributed by atoms with E-state index < -0.39 is 27.9 Å². The number of aromatic amines is 1. The number of hydrogen-bond donors (Lipinski definition) is 4. The minimum absolute atomic E-state index is 0.140. The molecule has 0 saturated carbocycles. The molecular weight excluding hydrogens is 476 g/mol. The molecular formula is C24H21ClN4O4S. The molecule has 1 heterocycles. The maximum atomic E-state index is 13.2. The van der Waals surface area contributed by atoms with Crippen LogP contribution < -0.4 is 15.8 Å². The van der Waals surface area contributed by atoms with Crippen LogP contribution in [0.15, 0.2) is 83.9 Å². The summed E-state index contributed by atoms with van der Waals surface area (Å²) in [5.74, 6) is -1.04. The molecule has 174 valence electrons. The number of hydrogen-bond acceptors (Lipinski definition) is 4. The summed E-state index contributed by atoms with van der Waals surface area (Å²) in [5.41, 5.74) is 2.19. The number of benzene rings is 3. The average Bonchev–Trinajstić information content (AvgIpc) is 3.21. The summed E-state index contributed by atoms with van der Waals surface area (Å²) in [7, 11) is -3.95. The Labute approximate surface area is 201 Å². The van der Waals surface area contributed by atoms with E-state index in [0.29, 0.717) is 0 Å². The Balaban J connectivity index is 1.63. The topological polar surface area (TPSA) is 134 Å². The number of H-pyrrole nitrogens is 1. The van der Waals surface area contributed by atoms with Crippen molar-refractivity contribution in [2.24, 2.45) is 5.14 Å². The van der Waals surface area contributed by atoms with Crippen LogP contribution in [0.5, 0.6) is 0 Å². The Bertz CT molecular complexity index is 1480. The van der Waals surface area contributed by atoms with Crippen LogP contribution in [0.25, 0.3) is 10.9 Å². The summed E-state index contributed by atoms with van der Waals surface area (Å²) >= 11 is 6.16. The van der Waals surface area contributed by atoms with Gasteiger partial charge in [0.15, 0.2) is 0 Å². The zero-order chi connectivity index (χ0) is 24.3. The third kappa shape index (κ3) is 5.28. The minimum atomic E-state index is -3.95. The Kier molecular flexibility index (Phi) is 6.69. The van der Waals surface area contributed by atoms with Crippen molar-refractivity contribution in [2.75, 3.05) is 5.32 Å². The first-order valence-corrected chi connectivity index (χ1v) is 12.2. The molecule has 0 aliphatic rings. The summed E-state index contributed by atoms with van der Waals surface area (Å²) in [6.45, 7) is 0. The highest BCUT2D eigenvalue weighted by atomic mass is 35.5. The molecule has 0 unspecified atom stereocenters. The molecule has 4 rings (SSSR count). The van der Waals surface area contributed by atoms with Crippen LogP contribution >= 0.6 is 11.6 Å². The molecule has 5 N–H and O–H groups in total. The van der Waals surface area contributed by atoms with E-state index in [1.54, 1.807) is 30.5 Å². The number of aromatic nitrogens is 1. The Hall–Kier alpha value is -3.66. The van der Waals surface area contributed by atoms with Gasteiger partial charge in [-0.3, -0.25) is 9.59 Å². The van der Waals surface area contributed by atoms with Crippen molar-refractivity contribution in [3.05, 3.63) is 95.1 Å². The second kappa shape index (κ2) is 9.68. The average molecular weight is 497 g/mol. The highest BCUT2D eigenvalue weighted by Gasteiger charge is 2.24. The maximum absolute atomic E-state index is 13.2. The van der Waals surface area contributed by atoms with Crippen molar-refractivity contribution in [1.82, 2.24) is 10.3 Å². The molecule has 0 spiro atoms. The summed E-state index contributed by atoms with van der Waals surface area (Å²) < 4.78 is 23.3. The van der Waals surface area contributed by atoms with E-state index in [1.165, 1.54) is 24.3 Å². The van der Waals surface area contributed by atoms with Crippen LogP contribution in [0.1, 0.15) is 15.9 Å². The van der Waals surface area contributed by atoms with Crippen molar-refractivity contribution in [3.63, 3.8) is 0 Å². The fourth-order valence-corrected chi connectivity index (χ4v) is 4.37. The molecule has 2 amide bonds. The summed E-state index contributed by atoms with van der Waals surface area (Å²) in [4.78, 5) is 29.2. The number of primary sulfonamides is 1. The smallest absolute Gasteiger partial charge is 0.253 e. The minimum Gasteiger partial charge on any atom is -0.361 e. The van der Waals surface area contributed by atoms with Crippen LogP contribution in [-0.2, 0) is 21.2 Å². The number of nitrogens with two attached hydrogens (primary N) is 1. The second-order valence-corrected chi connectivity index (χ2v) is 9.60. The molecule has 0 radical (unpaired) electrons. The van der Waals surface area contributed by atoms with Crippen LogP contribution in [0, 0.1) is 0 Å². The van der Waals surface area contributed by atoms with E-state index in [0.717, 1.165) is 16.5 Å². The normalized spacial score (nSPS) is 12.3. The SMILES string of the molecule is NS(=O)(=O)c1cccc(NC(=O)[C@@H](Cc2c[nH]c3ccccc23)NC(=O)c2ccccc2Cl)c1. The van der Waals surface area contributed by atoms with E-state index in [4.69, 9.17) is 16.7 Å². The van der Waals surface area contributed by atoms with Gasteiger partial charge >= 0.3 is 0 Å². The summed E-state index contributed by atoms with van der Waals surface area (Å²) in [5, 5.41) is 11.8.